The molecule has 3 aromatic rings. The minimum absolute atomic E-state index is 0.490. The Kier molecular flexibility index (Phi) is 6.52. The quantitative estimate of drug-likeness (QED) is 0.383. The Bertz CT molecular complexity index is 849. The maximum Gasteiger partial charge on any atom is 0.150 e. The van der Waals surface area contributed by atoms with Gasteiger partial charge in [0.05, 0.1) is 0 Å². The first kappa shape index (κ1) is 18.9. The number of nitrogens with zero attached hydrogens (tertiary/aromatic N) is 1. The molecule has 2 nitrogen and oxygen atoms in total. The highest BCUT2D eigenvalue weighted by Gasteiger charge is 2.17. The van der Waals surface area contributed by atoms with E-state index in [0.29, 0.717) is 6.04 Å². The molecular weight excluding hydrogens is 361 g/mol. The maximum atomic E-state index is 6.52. The Morgan fingerprint density at radius 3 is 2.04 bits per heavy atom. The third kappa shape index (κ3) is 5.09. The van der Waals surface area contributed by atoms with Crippen molar-refractivity contribution in [3.05, 3.63) is 90.5 Å². The molecule has 0 aromatic heterocycles. The Morgan fingerprint density at radius 1 is 0.750 bits per heavy atom. The van der Waals surface area contributed by atoms with Gasteiger partial charge in [-0.2, -0.15) is 0 Å². The smallest absolute Gasteiger partial charge is 0.150 e. The van der Waals surface area contributed by atoms with Gasteiger partial charge >= 0.3 is 0 Å². The van der Waals surface area contributed by atoms with E-state index in [1.54, 1.807) is 0 Å². The van der Waals surface area contributed by atoms with E-state index in [9.17, 15) is 0 Å². The second-order valence-electron chi connectivity index (χ2n) is 7.20. The topological polar surface area (TPSA) is 21.6 Å². The average Bonchev–Trinajstić information content (AvgIpc) is 2.78. The Labute approximate surface area is 169 Å². The largest absolute Gasteiger partial charge is 0.464 e. The summed E-state index contributed by atoms with van der Waals surface area (Å²) in [5.41, 5.74) is 1.11. The van der Waals surface area contributed by atoms with Gasteiger partial charge in [-0.15, -0.1) is 0 Å². The molecule has 0 spiro atoms. The Balaban J connectivity index is 1.54. The molecule has 0 heterocycles. The highest BCUT2D eigenvalue weighted by atomic mass is 31.1. The third-order valence-corrected chi connectivity index (χ3v) is 6.97. The molecule has 0 aliphatic heterocycles. The number of hydrogen-bond acceptors (Lipinski definition) is 2. The van der Waals surface area contributed by atoms with Crippen molar-refractivity contribution in [2.24, 2.45) is 4.99 Å². The molecule has 4 rings (SSSR count). The Hall–Kier alpha value is -2.44. The molecule has 0 radical (unpaired) electrons. The van der Waals surface area contributed by atoms with E-state index in [1.165, 1.54) is 42.7 Å². The van der Waals surface area contributed by atoms with Crippen molar-refractivity contribution in [2.45, 2.75) is 38.1 Å². The number of aliphatic imine (C=N–C) groups is 1. The normalized spacial score (nSPS) is 15.2. The second-order valence-corrected chi connectivity index (χ2v) is 9.00. The molecule has 1 saturated carbocycles. The van der Waals surface area contributed by atoms with Crippen molar-refractivity contribution >= 4 is 25.0 Å². The molecule has 3 heteroatoms. The molecule has 1 aliphatic rings. The summed E-state index contributed by atoms with van der Waals surface area (Å²) in [5.74, 6) is 0.895. The van der Waals surface area contributed by atoms with E-state index < -0.39 is 8.15 Å². The summed E-state index contributed by atoms with van der Waals surface area (Å²) in [6.45, 7) is 0. The molecule has 142 valence electrons. The summed E-state index contributed by atoms with van der Waals surface area (Å²) in [5, 5.41) is 2.43. The van der Waals surface area contributed by atoms with Crippen LogP contribution in [-0.2, 0) is 0 Å². The molecule has 28 heavy (non-hydrogen) atoms. The third-order valence-electron chi connectivity index (χ3n) is 5.05. The molecule has 0 unspecified atom stereocenters. The fraction of sp³-hybridized carbons (Fsp3) is 0.240. The first-order chi connectivity index (χ1) is 13.9. The summed E-state index contributed by atoms with van der Waals surface area (Å²) in [6, 6.07) is 29.8. The van der Waals surface area contributed by atoms with E-state index in [2.05, 4.69) is 66.7 Å². The Morgan fingerprint density at radius 2 is 1.39 bits per heavy atom. The minimum Gasteiger partial charge on any atom is -0.464 e. The minimum atomic E-state index is -0.905. The summed E-state index contributed by atoms with van der Waals surface area (Å²) in [4.78, 5) is 4.81. The van der Waals surface area contributed by atoms with Crippen molar-refractivity contribution in [2.75, 3.05) is 0 Å². The molecule has 0 amide bonds. The van der Waals surface area contributed by atoms with Crippen LogP contribution >= 0.6 is 8.15 Å². The summed E-state index contributed by atoms with van der Waals surface area (Å²) in [6.07, 6.45) is 8.45. The van der Waals surface area contributed by atoms with Crippen LogP contribution in [0.5, 0.6) is 5.75 Å². The van der Waals surface area contributed by atoms with E-state index in [-0.39, 0.29) is 0 Å². The zero-order chi connectivity index (χ0) is 19.0. The zero-order valence-corrected chi connectivity index (χ0v) is 17.0. The highest BCUT2D eigenvalue weighted by molar-refractivity contribution is 7.68. The number of hydrogen-bond donors (Lipinski definition) is 0. The van der Waals surface area contributed by atoms with Gasteiger partial charge in [0.1, 0.15) is 5.75 Å². The van der Waals surface area contributed by atoms with Crippen LogP contribution in [0, 0.1) is 0 Å². The van der Waals surface area contributed by atoms with E-state index in [0.717, 1.165) is 11.3 Å². The lowest BCUT2D eigenvalue weighted by Crippen LogP contribution is -2.15. The van der Waals surface area contributed by atoms with Crippen molar-refractivity contribution in [3.63, 3.8) is 0 Å². The fourth-order valence-corrected chi connectivity index (χ4v) is 5.28. The van der Waals surface area contributed by atoms with Gasteiger partial charge in [0.2, 0.25) is 0 Å². The molecule has 3 aromatic carbocycles. The predicted molar refractivity (Wildman–Crippen MR) is 121 cm³/mol. The molecule has 1 aliphatic carbocycles. The second kappa shape index (κ2) is 9.66. The van der Waals surface area contributed by atoms with Crippen molar-refractivity contribution < 1.29 is 4.52 Å². The first-order valence-electron chi connectivity index (χ1n) is 10.1. The molecule has 0 bridgehead atoms. The average molecular weight is 387 g/mol. The molecule has 0 saturated heterocycles. The van der Waals surface area contributed by atoms with Gasteiger partial charge in [0.15, 0.2) is 8.15 Å². The number of benzene rings is 3. The monoisotopic (exact) mass is 387 g/mol. The molecule has 0 N–H and O–H groups in total. The van der Waals surface area contributed by atoms with Crippen LogP contribution in [0.2, 0.25) is 0 Å². The lowest BCUT2D eigenvalue weighted by Gasteiger charge is -2.19. The lowest BCUT2D eigenvalue weighted by atomic mass is 9.96. The van der Waals surface area contributed by atoms with Gasteiger partial charge in [-0.05, 0) is 30.5 Å². The van der Waals surface area contributed by atoms with E-state index >= 15 is 0 Å². The van der Waals surface area contributed by atoms with Crippen LogP contribution in [-0.4, -0.2) is 12.3 Å². The zero-order valence-electron chi connectivity index (χ0n) is 16.1. The van der Waals surface area contributed by atoms with Crippen LogP contribution in [0.1, 0.15) is 37.7 Å². The molecular formula is C25H26NOP. The standard InChI is InChI=1S/C25H26NOP/c1-4-12-22(13-5-1)26-20-21-11-10-14-23(19-21)27-28(24-15-6-2-7-16-24)25-17-8-3-9-18-25/h2-3,6-11,14-20,22H,1,4-5,12-13H2. The van der Waals surface area contributed by atoms with Gasteiger partial charge in [0, 0.05) is 22.9 Å². The van der Waals surface area contributed by atoms with Crippen LogP contribution in [0.4, 0.5) is 0 Å². The van der Waals surface area contributed by atoms with Gasteiger partial charge < -0.3 is 4.52 Å². The van der Waals surface area contributed by atoms with E-state index in [4.69, 9.17) is 9.52 Å². The molecule has 1 fully saturated rings. The summed E-state index contributed by atoms with van der Waals surface area (Å²) in [7, 11) is -0.905. The maximum absolute atomic E-state index is 6.52. The van der Waals surface area contributed by atoms with E-state index in [1.807, 2.05) is 24.4 Å². The summed E-state index contributed by atoms with van der Waals surface area (Å²) >= 11 is 0. The van der Waals surface area contributed by atoms with Gasteiger partial charge in [0.25, 0.3) is 0 Å². The molecule has 0 atom stereocenters. The lowest BCUT2D eigenvalue weighted by molar-refractivity contribution is 0.444. The van der Waals surface area contributed by atoms with Crippen molar-refractivity contribution in [1.29, 1.82) is 0 Å². The van der Waals surface area contributed by atoms with Crippen LogP contribution in [0.3, 0.4) is 0 Å². The van der Waals surface area contributed by atoms with Crippen LogP contribution in [0.25, 0.3) is 0 Å². The van der Waals surface area contributed by atoms with Crippen molar-refractivity contribution in [3.8, 4) is 5.75 Å². The van der Waals surface area contributed by atoms with Crippen LogP contribution in [0.15, 0.2) is 89.9 Å². The number of rotatable bonds is 6. The van der Waals surface area contributed by atoms with Gasteiger partial charge in [-0.3, -0.25) is 4.99 Å². The first-order valence-corrected chi connectivity index (χ1v) is 11.4. The SMILES string of the molecule is C(=NC1CCCCC1)c1cccc(OP(c2ccccc2)c2ccccc2)c1. The summed E-state index contributed by atoms with van der Waals surface area (Å²) < 4.78 is 6.52. The van der Waals surface area contributed by atoms with Gasteiger partial charge in [-0.25, -0.2) is 0 Å². The van der Waals surface area contributed by atoms with Crippen LogP contribution < -0.4 is 15.1 Å². The highest BCUT2D eigenvalue weighted by Crippen LogP contribution is 2.36. The van der Waals surface area contributed by atoms with Gasteiger partial charge in [-0.1, -0.05) is 92.1 Å². The fourth-order valence-electron chi connectivity index (χ4n) is 3.56. The predicted octanol–water partition coefficient (Wildman–Crippen LogP) is 5.86. The van der Waals surface area contributed by atoms with Crippen molar-refractivity contribution in [1.82, 2.24) is 0 Å².